The first-order valence-electron chi connectivity index (χ1n) is 8.73. The molecule has 1 aliphatic heterocycles. The maximum Gasteiger partial charge on any atom is 0.239 e. The molecule has 0 aromatic carbocycles. The highest BCUT2D eigenvalue weighted by Gasteiger charge is 2.30. The topological polar surface area (TPSA) is 64.2 Å². The van der Waals surface area contributed by atoms with Gasteiger partial charge < -0.3 is 15.2 Å². The number of thioether (sulfide) groups is 1. The lowest BCUT2D eigenvalue weighted by atomic mass is 9.95. The summed E-state index contributed by atoms with van der Waals surface area (Å²) < 4.78 is 2.34. The normalized spacial score (nSPS) is 19.0. The fourth-order valence-corrected chi connectivity index (χ4v) is 3.86. The Morgan fingerprint density at radius 2 is 2.00 bits per heavy atom. The zero-order chi connectivity index (χ0) is 16.2. The van der Waals surface area contributed by atoms with Crippen LogP contribution in [0.25, 0.3) is 0 Å². The number of halogens is 2. The van der Waals surface area contributed by atoms with Gasteiger partial charge in [-0.3, -0.25) is 4.79 Å². The number of carbonyl (C=O) groups is 1. The van der Waals surface area contributed by atoms with Crippen molar-refractivity contribution in [2.24, 2.45) is 11.7 Å². The predicted octanol–water partition coefficient (Wildman–Crippen LogP) is 2.92. The summed E-state index contributed by atoms with van der Waals surface area (Å²) in [7, 11) is 0. The molecule has 1 aromatic heterocycles. The van der Waals surface area contributed by atoms with Crippen molar-refractivity contribution in [1.29, 1.82) is 0 Å². The first kappa shape index (κ1) is 22.6. The van der Waals surface area contributed by atoms with Gasteiger partial charge in [-0.25, -0.2) is 4.98 Å². The quantitative estimate of drug-likeness (QED) is 0.752. The number of likely N-dealkylation sites (tertiary alicyclic amines) is 1. The smallest absolute Gasteiger partial charge is 0.239 e. The number of piperidine rings is 1. The standard InChI is InChI=1S/C17H28N4OS.2ClH/c1-23-11-6-15(18)17(22)20-8-4-14(5-9-20)16-19-7-10-21(16)12-13-2-3-13;;/h7,10,13-15H,2-6,8-9,11-12,18H2,1H3;2*1H/t15-;;/m0../s1. The number of nitrogens with zero attached hydrogens (tertiary/aromatic N) is 3. The molecule has 2 fully saturated rings. The lowest BCUT2D eigenvalue weighted by molar-refractivity contribution is -0.133. The Hall–Kier alpha value is -0.430. The van der Waals surface area contributed by atoms with Gasteiger partial charge in [0.1, 0.15) is 5.82 Å². The van der Waals surface area contributed by atoms with Crippen molar-refractivity contribution < 1.29 is 4.79 Å². The molecule has 25 heavy (non-hydrogen) atoms. The minimum atomic E-state index is -0.337. The molecule has 2 N–H and O–H groups in total. The van der Waals surface area contributed by atoms with Gasteiger partial charge in [0.25, 0.3) is 0 Å². The van der Waals surface area contributed by atoms with Gasteiger partial charge in [0, 0.05) is 37.9 Å². The van der Waals surface area contributed by atoms with Gasteiger partial charge in [-0.05, 0) is 50.0 Å². The van der Waals surface area contributed by atoms with Crippen LogP contribution in [0.1, 0.15) is 43.8 Å². The summed E-state index contributed by atoms with van der Waals surface area (Å²) in [5.74, 6) is 3.63. The first-order chi connectivity index (χ1) is 11.2. The van der Waals surface area contributed by atoms with Crippen molar-refractivity contribution in [3.8, 4) is 0 Å². The van der Waals surface area contributed by atoms with E-state index >= 15 is 0 Å². The molecule has 1 saturated carbocycles. The summed E-state index contributed by atoms with van der Waals surface area (Å²) in [5, 5.41) is 0. The third-order valence-corrected chi connectivity index (χ3v) is 5.67. The third-order valence-electron chi connectivity index (χ3n) is 5.02. The molecule has 0 bridgehead atoms. The highest BCUT2D eigenvalue weighted by atomic mass is 35.5. The van der Waals surface area contributed by atoms with Crippen LogP contribution < -0.4 is 5.73 Å². The first-order valence-corrected chi connectivity index (χ1v) is 10.1. The summed E-state index contributed by atoms with van der Waals surface area (Å²) in [6.45, 7) is 2.74. The molecule has 0 unspecified atom stereocenters. The molecular weight excluding hydrogens is 379 g/mol. The number of carbonyl (C=O) groups excluding carboxylic acids is 1. The largest absolute Gasteiger partial charge is 0.341 e. The van der Waals surface area contributed by atoms with Crippen LogP contribution in [0.3, 0.4) is 0 Å². The summed E-state index contributed by atoms with van der Waals surface area (Å²) in [5.41, 5.74) is 6.03. The SMILES string of the molecule is CSCC[C@H](N)C(=O)N1CCC(c2nccn2CC2CC2)CC1.Cl.Cl. The van der Waals surface area contributed by atoms with E-state index in [2.05, 4.69) is 15.7 Å². The molecule has 1 amide bonds. The average molecular weight is 409 g/mol. The Labute approximate surface area is 167 Å². The van der Waals surface area contributed by atoms with Crippen molar-refractivity contribution in [2.45, 2.75) is 50.6 Å². The van der Waals surface area contributed by atoms with Crippen LogP contribution in [0.2, 0.25) is 0 Å². The van der Waals surface area contributed by atoms with Crippen LogP contribution in [0.4, 0.5) is 0 Å². The molecule has 144 valence electrons. The summed E-state index contributed by atoms with van der Waals surface area (Å²) in [4.78, 5) is 18.9. The zero-order valence-corrected chi connectivity index (χ0v) is 17.3. The second-order valence-electron chi connectivity index (χ2n) is 6.87. The summed E-state index contributed by atoms with van der Waals surface area (Å²) in [6.07, 6.45) is 11.6. The van der Waals surface area contributed by atoms with Gasteiger partial charge in [-0.15, -0.1) is 24.8 Å². The molecule has 5 nitrogen and oxygen atoms in total. The third kappa shape index (κ3) is 6.05. The van der Waals surface area contributed by atoms with Crippen molar-refractivity contribution in [1.82, 2.24) is 14.5 Å². The monoisotopic (exact) mass is 408 g/mol. The Bertz CT molecular complexity index is 530. The summed E-state index contributed by atoms with van der Waals surface area (Å²) in [6, 6.07) is -0.337. The minimum Gasteiger partial charge on any atom is -0.341 e. The van der Waals surface area contributed by atoms with Crippen molar-refractivity contribution in [3.05, 3.63) is 18.2 Å². The molecule has 0 radical (unpaired) electrons. The van der Waals surface area contributed by atoms with Gasteiger partial charge in [-0.1, -0.05) is 0 Å². The van der Waals surface area contributed by atoms with Gasteiger partial charge in [0.2, 0.25) is 5.91 Å². The molecule has 0 spiro atoms. The molecular formula is C17H30Cl2N4OS. The molecule has 1 aromatic rings. The molecule has 1 aliphatic carbocycles. The number of rotatable bonds is 7. The van der Waals surface area contributed by atoms with Gasteiger partial charge in [0.15, 0.2) is 0 Å². The van der Waals surface area contributed by atoms with Crippen LogP contribution >= 0.6 is 36.6 Å². The van der Waals surface area contributed by atoms with Crippen molar-refractivity contribution >= 4 is 42.5 Å². The highest BCUT2D eigenvalue weighted by molar-refractivity contribution is 7.98. The van der Waals surface area contributed by atoms with E-state index in [1.807, 2.05) is 17.4 Å². The Kier molecular flexibility index (Phi) is 9.64. The highest BCUT2D eigenvalue weighted by Crippen LogP contribution is 2.33. The molecule has 1 saturated heterocycles. The van der Waals surface area contributed by atoms with E-state index in [1.54, 1.807) is 11.8 Å². The van der Waals surface area contributed by atoms with Crippen LogP contribution in [-0.2, 0) is 11.3 Å². The van der Waals surface area contributed by atoms with Gasteiger partial charge in [-0.2, -0.15) is 11.8 Å². The van der Waals surface area contributed by atoms with Gasteiger partial charge in [0.05, 0.1) is 6.04 Å². The fourth-order valence-electron chi connectivity index (χ4n) is 3.37. The second kappa shape index (κ2) is 10.7. The van der Waals surface area contributed by atoms with Crippen LogP contribution in [0.5, 0.6) is 0 Å². The number of amides is 1. The fraction of sp³-hybridized carbons (Fsp3) is 0.765. The second-order valence-corrected chi connectivity index (χ2v) is 7.85. The maximum atomic E-state index is 12.4. The van der Waals surface area contributed by atoms with E-state index in [9.17, 15) is 4.79 Å². The van der Waals surface area contributed by atoms with E-state index < -0.39 is 0 Å². The Morgan fingerprint density at radius 1 is 1.32 bits per heavy atom. The summed E-state index contributed by atoms with van der Waals surface area (Å²) >= 11 is 1.74. The lowest BCUT2D eigenvalue weighted by Crippen LogP contribution is -2.47. The molecule has 8 heteroatoms. The Balaban J connectivity index is 0.00000156. The molecule has 2 aliphatic rings. The van der Waals surface area contributed by atoms with E-state index in [-0.39, 0.29) is 36.8 Å². The predicted molar refractivity (Wildman–Crippen MR) is 109 cm³/mol. The average Bonchev–Trinajstić information content (AvgIpc) is 3.27. The van der Waals surface area contributed by atoms with E-state index in [1.165, 1.54) is 18.7 Å². The van der Waals surface area contributed by atoms with Crippen LogP contribution in [-0.4, -0.2) is 51.5 Å². The molecule has 2 heterocycles. The van der Waals surface area contributed by atoms with Gasteiger partial charge >= 0.3 is 0 Å². The van der Waals surface area contributed by atoms with Crippen LogP contribution in [0.15, 0.2) is 12.4 Å². The minimum absolute atomic E-state index is 0. The van der Waals surface area contributed by atoms with Crippen molar-refractivity contribution in [3.63, 3.8) is 0 Å². The number of hydrogen-bond donors (Lipinski definition) is 1. The molecule has 1 atom stereocenters. The van der Waals surface area contributed by atoms with E-state index in [0.717, 1.165) is 50.6 Å². The molecule has 3 rings (SSSR count). The maximum absolute atomic E-state index is 12.4. The Morgan fingerprint density at radius 3 is 2.60 bits per heavy atom. The zero-order valence-electron chi connectivity index (χ0n) is 14.8. The number of imidazole rings is 1. The number of aromatic nitrogens is 2. The van der Waals surface area contributed by atoms with E-state index in [0.29, 0.717) is 5.92 Å². The van der Waals surface area contributed by atoms with Crippen LogP contribution in [0, 0.1) is 5.92 Å². The van der Waals surface area contributed by atoms with Crippen molar-refractivity contribution in [2.75, 3.05) is 25.1 Å². The lowest BCUT2D eigenvalue weighted by Gasteiger charge is -2.33. The number of hydrogen-bond acceptors (Lipinski definition) is 4. The van der Waals surface area contributed by atoms with E-state index in [4.69, 9.17) is 5.73 Å². The number of nitrogens with two attached hydrogens (primary N) is 1.